The van der Waals surface area contributed by atoms with Crippen molar-refractivity contribution in [3.8, 4) is 0 Å². The van der Waals surface area contributed by atoms with Crippen LogP contribution in [-0.4, -0.2) is 46.3 Å². The zero-order valence-corrected chi connectivity index (χ0v) is 10.7. The number of carbonyl (C=O) groups is 1. The van der Waals surface area contributed by atoms with Crippen molar-refractivity contribution in [3.63, 3.8) is 0 Å². The minimum absolute atomic E-state index is 0.0986. The van der Waals surface area contributed by atoms with Crippen molar-refractivity contribution in [1.29, 1.82) is 0 Å². The van der Waals surface area contributed by atoms with E-state index in [2.05, 4.69) is 16.8 Å². The van der Waals surface area contributed by atoms with Gasteiger partial charge in [-0.1, -0.05) is 6.07 Å². The minimum atomic E-state index is -0.986. The molecule has 0 bridgehead atoms. The third kappa shape index (κ3) is 3.05. The predicted octanol–water partition coefficient (Wildman–Crippen LogP) is 1.39. The third-order valence-electron chi connectivity index (χ3n) is 3.13. The van der Waals surface area contributed by atoms with Gasteiger partial charge in [0.1, 0.15) is 5.69 Å². The van der Waals surface area contributed by atoms with E-state index in [1.54, 1.807) is 6.07 Å². The van der Waals surface area contributed by atoms with Gasteiger partial charge in [-0.3, -0.25) is 4.90 Å². The van der Waals surface area contributed by atoms with Gasteiger partial charge in [-0.15, -0.1) is 0 Å². The number of aromatic carboxylic acids is 1. The van der Waals surface area contributed by atoms with Crippen LogP contribution >= 0.6 is 0 Å². The maximum Gasteiger partial charge on any atom is 0.354 e. The highest BCUT2D eigenvalue weighted by molar-refractivity contribution is 5.85. The Morgan fingerprint density at radius 3 is 3.06 bits per heavy atom. The smallest absolute Gasteiger partial charge is 0.354 e. The molecule has 0 aliphatic carbocycles. The van der Waals surface area contributed by atoms with E-state index in [0.29, 0.717) is 19.2 Å². The summed E-state index contributed by atoms with van der Waals surface area (Å²) in [4.78, 5) is 17.3. The Morgan fingerprint density at radius 2 is 2.33 bits per heavy atom. The Kier molecular flexibility index (Phi) is 3.93. The number of pyridine rings is 1. The molecule has 5 nitrogen and oxygen atoms in total. The molecule has 18 heavy (non-hydrogen) atoms. The maximum atomic E-state index is 10.9. The highest BCUT2D eigenvalue weighted by Gasteiger charge is 2.23. The lowest BCUT2D eigenvalue weighted by atomic mass is 10.2. The fourth-order valence-electron chi connectivity index (χ4n) is 2.09. The molecule has 2 rings (SSSR count). The third-order valence-corrected chi connectivity index (χ3v) is 3.13. The van der Waals surface area contributed by atoms with Crippen molar-refractivity contribution in [1.82, 2.24) is 9.88 Å². The van der Waals surface area contributed by atoms with Crippen LogP contribution in [0.25, 0.3) is 0 Å². The molecule has 1 fully saturated rings. The Morgan fingerprint density at radius 1 is 1.56 bits per heavy atom. The molecule has 0 aromatic carbocycles. The van der Waals surface area contributed by atoms with Crippen LogP contribution in [0.5, 0.6) is 0 Å². The largest absolute Gasteiger partial charge is 0.477 e. The van der Waals surface area contributed by atoms with E-state index < -0.39 is 5.97 Å². The normalized spacial score (nSPS) is 25.0. The average Bonchev–Trinajstić information content (AvgIpc) is 2.34. The molecule has 2 heterocycles. The molecule has 1 aliphatic rings. The van der Waals surface area contributed by atoms with E-state index in [1.165, 1.54) is 6.07 Å². The summed E-state index contributed by atoms with van der Waals surface area (Å²) in [6.07, 6.45) is 0.212. The number of aromatic nitrogens is 1. The highest BCUT2D eigenvalue weighted by atomic mass is 16.5. The fraction of sp³-hybridized carbons (Fsp3) is 0.538. The Bertz CT molecular complexity index is 436. The average molecular weight is 250 g/mol. The van der Waals surface area contributed by atoms with E-state index in [4.69, 9.17) is 9.84 Å². The van der Waals surface area contributed by atoms with Crippen molar-refractivity contribution in [2.75, 3.05) is 13.2 Å². The highest BCUT2D eigenvalue weighted by Crippen LogP contribution is 2.14. The molecule has 98 valence electrons. The topological polar surface area (TPSA) is 62.7 Å². The first kappa shape index (κ1) is 13.0. The SMILES string of the molecule is CC1CN(Cc2cccc(C(=O)O)n2)C(C)CO1. The zero-order valence-electron chi connectivity index (χ0n) is 10.7. The molecule has 1 saturated heterocycles. The van der Waals surface area contributed by atoms with Gasteiger partial charge in [-0.25, -0.2) is 9.78 Å². The first-order chi connectivity index (χ1) is 8.56. The van der Waals surface area contributed by atoms with Crippen LogP contribution in [0.1, 0.15) is 30.0 Å². The Labute approximate surface area is 106 Å². The van der Waals surface area contributed by atoms with Crippen molar-refractivity contribution in [2.24, 2.45) is 0 Å². The van der Waals surface area contributed by atoms with Gasteiger partial charge >= 0.3 is 5.97 Å². The number of nitrogens with zero attached hydrogens (tertiary/aromatic N) is 2. The van der Waals surface area contributed by atoms with Crippen molar-refractivity contribution in [2.45, 2.75) is 32.5 Å². The van der Waals surface area contributed by atoms with Crippen LogP contribution in [-0.2, 0) is 11.3 Å². The van der Waals surface area contributed by atoms with E-state index >= 15 is 0 Å². The molecule has 1 aromatic heterocycles. The molecule has 2 unspecified atom stereocenters. The van der Waals surface area contributed by atoms with Crippen LogP contribution in [0.15, 0.2) is 18.2 Å². The molecular formula is C13H18N2O3. The van der Waals surface area contributed by atoms with E-state index in [0.717, 1.165) is 12.2 Å². The summed E-state index contributed by atoms with van der Waals surface area (Å²) >= 11 is 0. The number of hydrogen-bond donors (Lipinski definition) is 1. The van der Waals surface area contributed by atoms with Crippen LogP contribution in [0.4, 0.5) is 0 Å². The molecule has 0 amide bonds. The van der Waals surface area contributed by atoms with Crippen molar-refractivity contribution in [3.05, 3.63) is 29.6 Å². The minimum Gasteiger partial charge on any atom is -0.477 e. The molecule has 0 saturated carbocycles. The van der Waals surface area contributed by atoms with Gasteiger partial charge in [0, 0.05) is 19.1 Å². The molecule has 1 aromatic rings. The standard InChI is InChI=1S/C13H18N2O3/c1-9-8-18-10(2)6-15(9)7-11-4-3-5-12(14-11)13(16)17/h3-5,9-10H,6-8H2,1-2H3,(H,16,17). The lowest BCUT2D eigenvalue weighted by Crippen LogP contribution is -2.46. The number of hydrogen-bond acceptors (Lipinski definition) is 4. The summed E-state index contributed by atoms with van der Waals surface area (Å²) < 4.78 is 5.56. The lowest BCUT2D eigenvalue weighted by molar-refractivity contribution is -0.0530. The summed E-state index contributed by atoms with van der Waals surface area (Å²) in [5.41, 5.74) is 0.886. The molecule has 0 spiro atoms. The summed E-state index contributed by atoms with van der Waals surface area (Å²) in [5.74, 6) is -0.986. The Balaban J connectivity index is 2.08. The lowest BCUT2D eigenvalue weighted by Gasteiger charge is -2.36. The number of morpholine rings is 1. The first-order valence-corrected chi connectivity index (χ1v) is 6.11. The molecular weight excluding hydrogens is 232 g/mol. The van der Waals surface area contributed by atoms with E-state index in [-0.39, 0.29) is 11.8 Å². The number of carboxylic acids is 1. The fourth-order valence-corrected chi connectivity index (χ4v) is 2.09. The molecule has 5 heteroatoms. The number of carboxylic acid groups (broad SMARTS) is 1. The Hall–Kier alpha value is -1.46. The molecule has 1 aliphatic heterocycles. The number of rotatable bonds is 3. The van der Waals surface area contributed by atoms with Crippen LogP contribution in [0.2, 0.25) is 0 Å². The van der Waals surface area contributed by atoms with Gasteiger partial charge in [0.25, 0.3) is 0 Å². The van der Waals surface area contributed by atoms with Gasteiger partial charge in [0.15, 0.2) is 0 Å². The second-order valence-corrected chi connectivity index (χ2v) is 4.74. The predicted molar refractivity (Wildman–Crippen MR) is 66.5 cm³/mol. The summed E-state index contributed by atoms with van der Waals surface area (Å²) in [6, 6.07) is 5.44. The van der Waals surface area contributed by atoms with Crippen LogP contribution in [0.3, 0.4) is 0 Å². The second-order valence-electron chi connectivity index (χ2n) is 4.74. The van der Waals surface area contributed by atoms with Gasteiger partial charge in [-0.05, 0) is 26.0 Å². The molecule has 0 radical (unpaired) electrons. The van der Waals surface area contributed by atoms with Crippen LogP contribution in [0, 0.1) is 0 Å². The van der Waals surface area contributed by atoms with Gasteiger partial charge in [0.2, 0.25) is 0 Å². The van der Waals surface area contributed by atoms with E-state index in [1.807, 2.05) is 13.0 Å². The van der Waals surface area contributed by atoms with Gasteiger partial charge in [-0.2, -0.15) is 0 Å². The first-order valence-electron chi connectivity index (χ1n) is 6.11. The van der Waals surface area contributed by atoms with Crippen molar-refractivity contribution >= 4 is 5.97 Å². The van der Waals surface area contributed by atoms with Crippen molar-refractivity contribution < 1.29 is 14.6 Å². The summed E-state index contributed by atoms with van der Waals surface area (Å²) in [5, 5.41) is 8.91. The van der Waals surface area contributed by atoms with Gasteiger partial charge in [0.05, 0.1) is 18.4 Å². The summed E-state index contributed by atoms with van der Waals surface area (Å²) in [6.45, 7) is 6.36. The monoisotopic (exact) mass is 250 g/mol. The summed E-state index contributed by atoms with van der Waals surface area (Å²) in [7, 11) is 0. The molecule has 2 atom stereocenters. The van der Waals surface area contributed by atoms with Crippen LogP contribution < -0.4 is 0 Å². The molecule has 1 N–H and O–H groups in total. The van der Waals surface area contributed by atoms with E-state index in [9.17, 15) is 4.79 Å². The number of ether oxygens (including phenoxy) is 1. The second kappa shape index (κ2) is 5.46. The van der Waals surface area contributed by atoms with Gasteiger partial charge < -0.3 is 9.84 Å². The maximum absolute atomic E-state index is 10.9. The quantitative estimate of drug-likeness (QED) is 0.878. The zero-order chi connectivity index (χ0) is 13.1.